The van der Waals surface area contributed by atoms with Gasteiger partial charge < -0.3 is 13.9 Å². The minimum Gasteiger partial charge on any atom is -0.456 e. The summed E-state index contributed by atoms with van der Waals surface area (Å²) in [6.45, 7) is 0. The third kappa shape index (κ3) is 5.82. The van der Waals surface area contributed by atoms with E-state index in [9.17, 15) is 0 Å². The molecule has 61 heavy (non-hydrogen) atoms. The number of hydrogen-bond acceptors (Lipinski definition) is 2. The lowest BCUT2D eigenvalue weighted by molar-refractivity contribution is 0.669. The molecule has 0 saturated carbocycles. The Morgan fingerprint density at radius 2 is 0.852 bits per heavy atom. The van der Waals surface area contributed by atoms with Crippen LogP contribution in [0.2, 0.25) is 0 Å². The van der Waals surface area contributed by atoms with E-state index in [0.29, 0.717) is 0 Å². The topological polar surface area (TPSA) is 21.3 Å². The van der Waals surface area contributed by atoms with Gasteiger partial charge in [0.25, 0.3) is 0 Å². The van der Waals surface area contributed by atoms with E-state index in [1.165, 1.54) is 49.3 Å². The predicted octanol–water partition coefficient (Wildman–Crippen LogP) is 16.3. The average molecular weight is 779 g/mol. The molecular weight excluding hydrogens is 741 g/mol. The van der Waals surface area contributed by atoms with Gasteiger partial charge in [-0.05, 0) is 105 Å². The van der Waals surface area contributed by atoms with Crippen molar-refractivity contribution in [2.45, 2.75) is 0 Å². The van der Waals surface area contributed by atoms with Crippen molar-refractivity contribution in [2.75, 3.05) is 4.90 Å². The van der Waals surface area contributed by atoms with E-state index < -0.39 is 0 Å². The summed E-state index contributed by atoms with van der Waals surface area (Å²) in [5.41, 5.74) is 15.5. The number of nitrogens with zero attached hydrogens (tertiary/aromatic N) is 2. The highest BCUT2D eigenvalue weighted by Gasteiger charge is 2.19. The number of fused-ring (bicyclic) bond motifs is 7. The first-order chi connectivity index (χ1) is 30.3. The lowest BCUT2D eigenvalue weighted by Gasteiger charge is -2.27. The standard InChI is InChI=1S/C58H38N2O/c1-2-21-46-39(15-1)16-13-26-47(46)41-17-11-19-44(37-41)59(45-20-12-18-42(38-45)49-27-14-32-57-58(49)52-25-6-10-31-56(52)61-57)43-35-33-40(34-36-43)48-22-3-7-28-53(48)60-54-29-8-4-23-50(54)51-24-5-9-30-55(51)60/h1-38H. The molecule has 2 heterocycles. The molecule has 0 fully saturated rings. The first-order valence-corrected chi connectivity index (χ1v) is 20.8. The van der Waals surface area contributed by atoms with Crippen LogP contribution in [0.4, 0.5) is 17.1 Å². The third-order valence-corrected chi connectivity index (χ3v) is 12.2. The molecule has 0 aliphatic carbocycles. The maximum absolute atomic E-state index is 6.33. The second-order valence-corrected chi connectivity index (χ2v) is 15.7. The first-order valence-electron chi connectivity index (χ1n) is 20.8. The van der Waals surface area contributed by atoms with E-state index in [-0.39, 0.29) is 0 Å². The molecular formula is C58H38N2O. The van der Waals surface area contributed by atoms with Crippen molar-refractivity contribution in [1.29, 1.82) is 0 Å². The van der Waals surface area contributed by atoms with Crippen molar-refractivity contribution in [3.8, 4) is 39.1 Å². The van der Waals surface area contributed by atoms with Gasteiger partial charge in [-0.15, -0.1) is 0 Å². The Morgan fingerprint density at radius 1 is 0.328 bits per heavy atom. The molecule has 12 aromatic rings. The summed E-state index contributed by atoms with van der Waals surface area (Å²) in [5.74, 6) is 0. The van der Waals surface area contributed by atoms with Crippen molar-refractivity contribution in [3.05, 3.63) is 231 Å². The number of anilines is 3. The van der Waals surface area contributed by atoms with Gasteiger partial charge in [-0.3, -0.25) is 0 Å². The second-order valence-electron chi connectivity index (χ2n) is 15.7. The summed E-state index contributed by atoms with van der Waals surface area (Å²) in [6, 6.07) is 83.0. The quantitative estimate of drug-likeness (QED) is 0.161. The maximum atomic E-state index is 6.33. The normalized spacial score (nSPS) is 11.6. The number of aromatic nitrogens is 1. The summed E-state index contributed by atoms with van der Waals surface area (Å²) in [6.07, 6.45) is 0. The molecule has 0 aliphatic heterocycles. The highest BCUT2D eigenvalue weighted by molar-refractivity contribution is 6.13. The molecule has 3 nitrogen and oxygen atoms in total. The minimum atomic E-state index is 0.889. The van der Waals surface area contributed by atoms with Gasteiger partial charge in [-0.25, -0.2) is 0 Å². The van der Waals surface area contributed by atoms with Gasteiger partial charge in [0.15, 0.2) is 0 Å². The molecule has 0 aliphatic rings. The van der Waals surface area contributed by atoms with Gasteiger partial charge >= 0.3 is 0 Å². The van der Waals surface area contributed by atoms with Crippen LogP contribution >= 0.6 is 0 Å². The molecule has 0 unspecified atom stereocenters. The van der Waals surface area contributed by atoms with Crippen LogP contribution in [0.5, 0.6) is 0 Å². The molecule has 2 aromatic heterocycles. The largest absolute Gasteiger partial charge is 0.456 e. The summed E-state index contributed by atoms with van der Waals surface area (Å²) in [7, 11) is 0. The zero-order chi connectivity index (χ0) is 40.3. The van der Waals surface area contributed by atoms with Gasteiger partial charge in [0.1, 0.15) is 11.2 Å². The van der Waals surface area contributed by atoms with E-state index in [1.807, 2.05) is 12.1 Å². The molecule has 0 N–H and O–H groups in total. The Kier molecular flexibility index (Phi) is 8.17. The minimum absolute atomic E-state index is 0.889. The summed E-state index contributed by atoms with van der Waals surface area (Å²) < 4.78 is 8.74. The summed E-state index contributed by atoms with van der Waals surface area (Å²) in [4.78, 5) is 2.38. The lowest BCUT2D eigenvalue weighted by atomic mass is 9.97. The van der Waals surface area contributed by atoms with Crippen LogP contribution in [-0.4, -0.2) is 4.57 Å². The van der Waals surface area contributed by atoms with E-state index in [4.69, 9.17) is 4.42 Å². The molecule has 12 rings (SSSR count). The summed E-state index contributed by atoms with van der Waals surface area (Å²) >= 11 is 0. The van der Waals surface area contributed by atoms with Gasteiger partial charge in [-0.2, -0.15) is 0 Å². The van der Waals surface area contributed by atoms with Crippen molar-refractivity contribution in [2.24, 2.45) is 0 Å². The van der Waals surface area contributed by atoms with Crippen LogP contribution < -0.4 is 4.90 Å². The molecule has 10 aromatic carbocycles. The zero-order valence-electron chi connectivity index (χ0n) is 33.2. The van der Waals surface area contributed by atoms with E-state index in [2.05, 4.69) is 228 Å². The Morgan fingerprint density at radius 3 is 1.61 bits per heavy atom. The summed E-state index contributed by atoms with van der Waals surface area (Å²) in [5, 5.41) is 7.23. The van der Waals surface area contributed by atoms with Gasteiger partial charge in [0.2, 0.25) is 0 Å². The SMILES string of the molecule is c1cc(-c2cccc3ccccc23)cc(N(c2ccc(-c3ccccc3-n3c4ccccc4c4ccccc43)cc2)c2cccc(-c3cccc4oc5ccccc5c34)c2)c1. The Bertz CT molecular complexity index is 3550. The number of furan rings is 1. The zero-order valence-corrected chi connectivity index (χ0v) is 33.2. The van der Waals surface area contributed by atoms with Gasteiger partial charge in [-0.1, -0.05) is 164 Å². The monoisotopic (exact) mass is 778 g/mol. The Balaban J connectivity index is 1.02. The van der Waals surface area contributed by atoms with Crippen molar-refractivity contribution < 1.29 is 4.42 Å². The van der Waals surface area contributed by atoms with Crippen LogP contribution in [0, 0.1) is 0 Å². The first kappa shape index (κ1) is 34.9. The second kappa shape index (κ2) is 14.3. The van der Waals surface area contributed by atoms with E-state index in [0.717, 1.165) is 61.4 Å². The number of hydrogen-bond donors (Lipinski definition) is 0. The highest BCUT2D eigenvalue weighted by Crippen LogP contribution is 2.43. The van der Waals surface area contributed by atoms with Crippen LogP contribution in [0.15, 0.2) is 235 Å². The Labute approximate surface area is 353 Å². The molecule has 3 heteroatoms. The molecule has 0 amide bonds. The molecule has 0 bridgehead atoms. The van der Waals surface area contributed by atoms with Crippen molar-refractivity contribution in [1.82, 2.24) is 4.57 Å². The number of para-hydroxylation sites is 4. The average Bonchev–Trinajstić information content (AvgIpc) is 3.88. The third-order valence-electron chi connectivity index (χ3n) is 12.2. The van der Waals surface area contributed by atoms with Crippen LogP contribution in [-0.2, 0) is 0 Å². The van der Waals surface area contributed by atoms with E-state index in [1.54, 1.807) is 0 Å². The van der Waals surface area contributed by atoms with Crippen LogP contribution in [0.3, 0.4) is 0 Å². The molecule has 0 radical (unpaired) electrons. The fourth-order valence-electron chi connectivity index (χ4n) is 9.45. The number of benzene rings is 10. The van der Waals surface area contributed by atoms with Crippen molar-refractivity contribution in [3.63, 3.8) is 0 Å². The molecule has 0 atom stereocenters. The van der Waals surface area contributed by atoms with Crippen LogP contribution in [0.25, 0.3) is 93.6 Å². The van der Waals surface area contributed by atoms with Gasteiger partial charge in [0, 0.05) is 44.2 Å². The molecule has 0 spiro atoms. The molecule has 0 saturated heterocycles. The maximum Gasteiger partial charge on any atom is 0.136 e. The number of rotatable bonds is 7. The molecule has 286 valence electrons. The van der Waals surface area contributed by atoms with Gasteiger partial charge in [0.05, 0.1) is 16.7 Å². The smallest absolute Gasteiger partial charge is 0.136 e. The Hall–Kier alpha value is -8.14. The highest BCUT2D eigenvalue weighted by atomic mass is 16.3. The van der Waals surface area contributed by atoms with Crippen molar-refractivity contribution >= 4 is 71.6 Å². The van der Waals surface area contributed by atoms with Crippen LogP contribution in [0.1, 0.15) is 0 Å². The fraction of sp³-hybridized carbons (Fsp3) is 0. The predicted molar refractivity (Wildman–Crippen MR) is 257 cm³/mol. The fourth-order valence-corrected chi connectivity index (χ4v) is 9.45. The lowest BCUT2D eigenvalue weighted by Crippen LogP contribution is -2.10. The van der Waals surface area contributed by atoms with E-state index >= 15 is 0 Å².